The van der Waals surface area contributed by atoms with E-state index in [1.54, 1.807) is 20.8 Å². The van der Waals surface area contributed by atoms with E-state index >= 15 is 0 Å². The van der Waals surface area contributed by atoms with Gasteiger partial charge in [-0.05, 0) is 45.7 Å². The molecule has 1 N–H and O–H groups in total. The topological polar surface area (TPSA) is 58.6 Å². The lowest BCUT2D eigenvalue weighted by atomic mass is 10.1. The van der Waals surface area contributed by atoms with E-state index in [9.17, 15) is 18.4 Å². The van der Waals surface area contributed by atoms with Crippen molar-refractivity contribution in [3.8, 4) is 0 Å². The van der Waals surface area contributed by atoms with Crippen molar-refractivity contribution < 1.29 is 23.1 Å². The molecule has 1 heterocycles. The molecule has 1 unspecified atom stereocenters. The minimum Gasteiger partial charge on any atom is -0.444 e. The summed E-state index contributed by atoms with van der Waals surface area (Å²) >= 11 is 3.04. The lowest BCUT2D eigenvalue weighted by Gasteiger charge is -2.34. The molecule has 2 rings (SSSR count). The number of rotatable bonds is 2. The van der Waals surface area contributed by atoms with Gasteiger partial charge in [-0.1, -0.05) is 15.9 Å². The fourth-order valence-electron chi connectivity index (χ4n) is 2.57. The van der Waals surface area contributed by atoms with E-state index in [0.29, 0.717) is 19.4 Å². The lowest BCUT2D eigenvalue weighted by molar-refractivity contribution is 0.0185. The van der Waals surface area contributed by atoms with E-state index in [0.717, 1.165) is 6.07 Å². The number of amides is 2. The molecule has 0 spiro atoms. The van der Waals surface area contributed by atoms with E-state index in [4.69, 9.17) is 4.74 Å². The Morgan fingerprint density at radius 3 is 2.64 bits per heavy atom. The molecule has 0 aromatic heterocycles. The second kappa shape index (κ2) is 7.68. The van der Waals surface area contributed by atoms with Crippen molar-refractivity contribution >= 4 is 27.9 Å². The summed E-state index contributed by atoms with van der Waals surface area (Å²) in [5, 5.41) is 2.66. The summed E-state index contributed by atoms with van der Waals surface area (Å²) in [5.41, 5.74) is -0.981. The molecule has 0 radical (unpaired) electrons. The Morgan fingerprint density at radius 2 is 2.00 bits per heavy atom. The van der Waals surface area contributed by atoms with Gasteiger partial charge in [0.1, 0.15) is 5.60 Å². The normalized spacial score (nSPS) is 18.0. The monoisotopic (exact) mass is 418 g/mol. The first-order valence-corrected chi connectivity index (χ1v) is 8.79. The highest BCUT2D eigenvalue weighted by Crippen LogP contribution is 2.20. The molecule has 1 aliphatic heterocycles. The lowest BCUT2D eigenvalue weighted by Crippen LogP contribution is -2.50. The molecule has 5 nitrogen and oxygen atoms in total. The molecule has 1 fully saturated rings. The van der Waals surface area contributed by atoms with E-state index in [1.807, 2.05) is 0 Å². The van der Waals surface area contributed by atoms with Gasteiger partial charge in [0.05, 0.1) is 5.56 Å². The van der Waals surface area contributed by atoms with Crippen LogP contribution in [0.1, 0.15) is 44.0 Å². The van der Waals surface area contributed by atoms with Crippen LogP contribution in [0.5, 0.6) is 0 Å². The zero-order valence-corrected chi connectivity index (χ0v) is 16.0. The maximum absolute atomic E-state index is 13.8. The number of likely N-dealkylation sites (tertiary alicyclic amines) is 1. The molecule has 2 amide bonds. The van der Waals surface area contributed by atoms with Crippen molar-refractivity contribution in [2.24, 2.45) is 0 Å². The van der Waals surface area contributed by atoms with Crippen LogP contribution in [0.25, 0.3) is 0 Å². The number of benzene rings is 1. The van der Waals surface area contributed by atoms with Crippen LogP contribution in [0.3, 0.4) is 0 Å². The van der Waals surface area contributed by atoms with Gasteiger partial charge in [0.25, 0.3) is 5.91 Å². The van der Waals surface area contributed by atoms with Gasteiger partial charge in [0.15, 0.2) is 11.6 Å². The molecule has 1 aliphatic rings. The number of hydrogen-bond donors (Lipinski definition) is 1. The Bertz CT molecular complexity index is 677. The van der Waals surface area contributed by atoms with E-state index < -0.39 is 29.2 Å². The molecule has 1 aromatic carbocycles. The zero-order chi connectivity index (χ0) is 18.8. The number of nitrogens with one attached hydrogen (secondary N) is 1. The van der Waals surface area contributed by atoms with Crippen molar-refractivity contribution in [1.82, 2.24) is 10.2 Å². The average Bonchev–Trinajstić information content (AvgIpc) is 2.49. The van der Waals surface area contributed by atoms with Crippen molar-refractivity contribution in [1.29, 1.82) is 0 Å². The second-order valence-corrected chi connectivity index (χ2v) is 7.90. The summed E-state index contributed by atoms with van der Waals surface area (Å²) in [6.45, 7) is 6.12. The van der Waals surface area contributed by atoms with Gasteiger partial charge in [-0.25, -0.2) is 13.6 Å². The Kier molecular flexibility index (Phi) is 6.03. The summed E-state index contributed by atoms with van der Waals surface area (Å²) in [4.78, 5) is 25.9. The van der Waals surface area contributed by atoms with Gasteiger partial charge in [-0.2, -0.15) is 0 Å². The van der Waals surface area contributed by atoms with Crippen LogP contribution in [0.2, 0.25) is 0 Å². The number of halogens is 3. The minimum absolute atomic E-state index is 0.263. The first kappa shape index (κ1) is 19.6. The quantitative estimate of drug-likeness (QED) is 0.741. The van der Waals surface area contributed by atoms with Crippen LogP contribution in [-0.4, -0.2) is 41.6 Å². The number of piperidine rings is 1. The fourth-order valence-corrected chi connectivity index (χ4v) is 3.00. The summed E-state index contributed by atoms with van der Waals surface area (Å²) in [6, 6.07) is 1.83. The maximum Gasteiger partial charge on any atom is 0.410 e. The first-order valence-electron chi connectivity index (χ1n) is 8.00. The molecule has 138 valence electrons. The molecule has 1 atom stereocenters. The van der Waals surface area contributed by atoms with E-state index in [-0.39, 0.29) is 22.6 Å². The highest BCUT2D eigenvalue weighted by Gasteiger charge is 2.29. The number of carbonyl (C=O) groups is 2. The third-order valence-electron chi connectivity index (χ3n) is 3.65. The first-order chi connectivity index (χ1) is 11.6. The second-order valence-electron chi connectivity index (χ2n) is 6.99. The SMILES string of the molecule is CC(C)(C)OC(=O)N1CCCC(NC(=O)c2cc(Br)cc(F)c2F)C1. The van der Waals surface area contributed by atoms with Gasteiger partial charge in [0, 0.05) is 23.6 Å². The fraction of sp³-hybridized carbons (Fsp3) is 0.529. The number of carbonyl (C=O) groups excluding carboxylic acids is 2. The average molecular weight is 419 g/mol. The van der Waals surface area contributed by atoms with Gasteiger partial charge in [0.2, 0.25) is 0 Å². The molecule has 8 heteroatoms. The molecule has 1 aromatic rings. The van der Waals surface area contributed by atoms with Crippen molar-refractivity contribution in [3.05, 3.63) is 33.8 Å². The number of ether oxygens (including phenoxy) is 1. The molecule has 25 heavy (non-hydrogen) atoms. The number of nitrogens with zero attached hydrogens (tertiary/aromatic N) is 1. The van der Waals surface area contributed by atoms with E-state index in [1.165, 1.54) is 11.0 Å². The third kappa shape index (κ3) is 5.39. The van der Waals surface area contributed by atoms with Gasteiger partial charge < -0.3 is 15.0 Å². The Hall–Kier alpha value is -1.70. The van der Waals surface area contributed by atoms with Crippen LogP contribution in [0.15, 0.2) is 16.6 Å². The molecular weight excluding hydrogens is 398 g/mol. The predicted molar refractivity (Wildman–Crippen MR) is 92.4 cm³/mol. The van der Waals surface area contributed by atoms with E-state index in [2.05, 4.69) is 21.2 Å². The van der Waals surface area contributed by atoms with Crippen LogP contribution in [-0.2, 0) is 4.74 Å². The highest BCUT2D eigenvalue weighted by atomic mass is 79.9. The van der Waals surface area contributed by atoms with Crippen LogP contribution >= 0.6 is 15.9 Å². The number of hydrogen-bond acceptors (Lipinski definition) is 3. The smallest absolute Gasteiger partial charge is 0.410 e. The minimum atomic E-state index is -1.19. The summed E-state index contributed by atoms with van der Waals surface area (Å²) in [6.07, 6.45) is 0.869. The van der Waals surface area contributed by atoms with Crippen molar-refractivity contribution in [3.63, 3.8) is 0 Å². The van der Waals surface area contributed by atoms with Crippen LogP contribution < -0.4 is 5.32 Å². The summed E-state index contributed by atoms with van der Waals surface area (Å²) < 4.78 is 32.9. The van der Waals surface area contributed by atoms with Gasteiger partial charge in [-0.15, -0.1) is 0 Å². The van der Waals surface area contributed by atoms with Crippen molar-refractivity contribution in [2.75, 3.05) is 13.1 Å². The molecule has 0 bridgehead atoms. The molecule has 1 saturated heterocycles. The maximum atomic E-state index is 13.8. The summed E-state index contributed by atoms with van der Waals surface area (Å²) in [5.74, 6) is -3.01. The Morgan fingerprint density at radius 1 is 1.32 bits per heavy atom. The standard InChI is InChI=1S/C17H21BrF2N2O3/c1-17(2,3)25-16(24)22-6-4-5-11(9-22)21-15(23)12-7-10(18)8-13(19)14(12)20/h7-8,11H,4-6,9H2,1-3H3,(H,21,23). The summed E-state index contributed by atoms with van der Waals surface area (Å²) in [7, 11) is 0. The van der Waals surface area contributed by atoms with Gasteiger partial charge >= 0.3 is 6.09 Å². The molecule has 0 aliphatic carbocycles. The van der Waals surface area contributed by atoms with Crippen LogP contribution in [0.4, 0.5) is 13.6 Å². The van der Waals surface area contributed by atoms with Gasteiger partial charge in [-0.3, -0.25) is 4.79 Å². The van der Waals surface area contributed by atoms with Crippen LogP contribution in [0, 0.1) is 11.6 Å². The largest absolute Gasteiger partial charge is 0.444 e. The zero-order valence-electron chi connectivity index (χ0n) is 14.4. The molecular formula is C17H21BrF2N2O3. The highest BCUT2D eigenvalue weighted by molar-refractivity contribution is 9.10. The Labute approximate surface area is 153 Å². The predicted octanol–water partition coefficient (Wildman–Crippen LogP) is 3.86. The molecule has 0 saturated carbocycles. The third-order valence-corrected chi connectivity index (χ3v) is 4.10. The Balaban J connectivity index is 2.03. The van der Waals surface area contributed by atoms with Crippen molar-refractivity contribution in [2.45, 2.75) is 45.3 Å².